The van der Waals surface area contributed by atoms with Crippen molar-refractivity contribution >= 4 is 33.7 Å². The van der Waals surface area contributed by atoms with Gasteiger partial charge >= 0.3 is 0 Å². The van der Waals surface area contributed by atoms with Gasteiger partial charge in [-0.25, -0.2) is 0 Å². The molecule has 0 aromatic heterocycles. The second-order valence-electron chi connectivity index (χ2n) is 6.07. The number of carbonyl (C=O) groups excluding carboxylic acids is 1. The van der Waals surface area contributed by atoms with Crippen LogP contribution < -0.4 is 5.32 Å². The molecule has 0 saturated heterocycles. The lowest BCUT2D eigenvalue weighted by Gasteiger charge is -2.08. The largest absolute Gasteiger partial charge is 0.322 e. The Hall–Kier alpha value is -3.79. The van der Waals surface area contributed by atoms with Gasteiger partial charge in [0.15, 0.2) is 0 Å². The van der Waals surface area contributed by atoms with E-state index in [2.05, 4.69) is 15.5 Å². The minimum Gasteiger partial charge on any atom is -0.322 e. The van der Waals surface area contributed by atoms with Crippen molar-refractivity contribution < 1.29 is 4.79 Å². The fourth-order valence-electron chi connectivity index (χ4n) is 2.84. The van der Waals surface area contributed by atoms with Gasteiger partial charge in [-0.05, 0) is 41.8 Å². The van der Waals surface area contributed by atoms with E-state index in [0.29, 0.717) is 11.3 Å². The highest BCUT2D eigenvalue weighted by molar-refractivity contribution is 6.08. The molecular formula is C23H17N3O. The van der Waals surface area contributed by atoms with E-state index >= 15 is 0 Å². The molecule has 4 heteroatoms. The van der Waals surface area contributed by atoms with Crippen molar-refractivity contribution in [3.05, 3.63) is 103 Å². The first-order chi connectivity index (χ1) is 13.3. The molecule has 0 aliphatic carbocycles. The SMILES string of the molecule is O=C(Nc1ccccc1)c1cc(/N=N/c2ccccc2)c2ccccc2c1. The maximum atomic E-state index is 12.7. The summed E-state index contributed by atoms with van der Waals surface area (Å²) in [6, 6.07) is 30.4. The van der Waals surface area contributed by atoms with Gasteiger partial charge in [0.05, 0.1) is 11.4 Å². The van der Waals surface area contributed by atoms with Crippen LogP contribution in [0.2, 0.25) is 0 Å². The third-order valence-corrected chi connectivity index (χ3v) is 4.16. The number of carbonyl (C=O) groups is 1. The summed E-state index contributed by atoms with van der Waals surface area (Å²) in [6.45, 7) is 0. The minimum absolute atomic E-state index is 0.178. The molecule has 0 spiro atoms. The number of hydrogen-bond acceptors (Lipinski definition) is 3. The first-order valence-electron chi connectivity index (χ1n) is 8.65. The second-order valence-corrected chi connectivity index (χ2v) is 6.07. The number of rotatable bonds is 4. The van der Waals surface area contributed by atoms with Gasteiger partial charge in [-0.3, -0.25) is 4.79 Å². The highest BCUT2D eigenvalue weighted by Crippen LogP contribution is 2.30. The highest BCUT2D eigenvalue weighted by atomic mass is 16.1. The second kappa shape index (κ2) is 7.62. The molecule has 0 aliphatic rings. The lowest BCUT2D eigenvalue weighted by molar-refractivity contribution is 0.102. The first kappa shape index (κ1) is 16.7. The van der Waals surface area contributed by atoms with E-state index in [1.54, 1.807) is 6.07 Å². The van der Waals surface area contributed by atoms with Gasteiger partial charge in [-0.1, -0.05) is 60.7 Å². The number of amides is 1. The Morgan fingerprint density at radius 1 is 0.704 bits per heavy atom. The van der Waals surface area contributed by atoms with Gasteiger partial charge in [-0.2, -0.15) is 5.11 Å². The van der Waals surface area contributed by atoms with Crippen LogP contribution in [0.3, 0.4) is 0 Å². The van der Waals surface area contributed by atoms with Gasteiger partial charge in [-0.15, -0.1) is 5.11 Å². The van der Waals surface area contributed by atoms with E-state index in [0.717, 1.165) is 22.1 Å². The zero-order chi connectivity index (χ0) is 18.5. The number of azo groups is 1. The Morgan fingerprint density at radius 3 is 2.15 bits per heavy atom. The Labute approximate surface area is 157 Å². The molecule has 1 amide bonds. The van der Waals surface area contributed by atoms with Crippen LogP contribution in [0.4, 0.5) is 17.1 Å². The van der Waals surface area contributed by atoms with Crippen molar-refractivity contribution in [1.29, 1.82) is 0 Å². The van der Waals surface area contributed by atoms with Gasteiger partial charge in [0.1, 0.15) is 0 Å². The number of para-hydroxylation sites is 1. The molecule has 27 heavy (non-hydrogen) atoms. The van der Waals surface area contributed by atoms with E-state index < -0.39 is 0 Å². The van der Waals surface area contributed by atoms with Crippen LogP contribution in [0, 0.1) is 0 Å². The molecule has 4 rings (SSSR count). The third kappa shape index (κ3) is 3.90. The van der Waals surface area contributed by atoms with Crippen LogP contribution in [0.25, 0.3) is 10.8 Å². The monoisotopic (exact) mass is 351 g/mol. The van der Waals surface area contributed by atoms with Crippen LogP contribution in [0.1, 0.15) is 10.4 Å². The van der Waals surface area contributed by atoms with Gasteiger partial charge < -0.3 is 5.32 Å². The number of hydrogen-bond donors (Lipinski definition) is 1. The summed E-state index contributed by atoms with van der Waals surface area (Å²) >= 11 is 0. The minimum atomic E-state index is -0.178. The van der Waals surface area contributed by atoms with Crippen LogP contribution in [0.15, 0.2) is 107 Å². The van der Waals surface area contributed by atoms with Crippen LogP contribution in [-0.2, 0) is 0 Å². The molecule has 4 nitrogen and oxygen atoms in total. The van der Waals surface area contributed by atoms with Gasteiger partial charge in [0, 0.05) is 16.6 Å². The molecule has 0 atom stereocenters. The quantitative estimate of drug-likeness (QED) is 0.419. The summed E-state index contributed by atoms with van der Waals surface area (Å²) < 4.78 is 0. The topological polar surface area (TPSA) is 53.8 Å². The van der Waals surface area contributed by atoms with Gasteiger partial charge in [0.25, 0.3) is 5.91 Å². The molecular weight excluding hydrogens is 334 g/mol. The number of anilines is 1. The average Bonchev–Trinajstić information content (AvgIpc) is 2.73. The molecule has 0 bridgehead atoms. The molecule has 0 radical (unpaired) electrons. The fourth-order valence-corrected chi connectivity index (χ4v) is 2.84. The fraction of sp³-hybridized carbons (Fsp3) is 0. The molecule has 0 fully saturated rings. The Bertz CT molecular complexity index is 1110. The summed E-state index contributed by atoms with van der Waals surface area (Å²) in [7, 11) is 0. The standard InChI is InChI=1S/C23H17N3O/c27-23(24-19-10-3-1-4-11-19)18-15-17-9-7-8-14-21(17)22(16-18)26-25-20-12-5-2-6-13-20/h1-16H,(H,24,27)/b26-25+. The van der Waals surface area contributed by atoms with Crippen molar-refractivity contribution in [1.82, 2.24) is 0 Å². The van der Waals surface area contributed by atoms with Crippen molar-refractivity contribution in [3.63, 3.8) is 0 Å². The summed E-state index contributed by atoms with van der Waals surface area (Å²) in [5.74, 6) is -0.178. The van der Waals surface area contributed by atoms with Crippen LogP contribution >= 0.6 is 0 Å². The summed E-state index contributed by atoms with van der Waals surface area (Å²) in [5, 5.41) is 13.5. The molecule has 4 aromatic carbocycles. The van der Waals surface area contributed by atoms with E-state index in [1.807, 2.05) is 91.0 Å². The Balaban J connectivity index is 1.72. The summed E-state index contributed by atoms with van der Waals surface area (Å²) in [6.07, 6.45) is 0. The molecule has 4 aromatic rings. The zero-order valence-electron chi connectivity index (χ0n) is 14.5. The lowest BCUT2D eigenvalue weighted by Crippen LogP contribution is -2.11. The average molecular weight is 351 g/mol. The zero-order valence-corrected chi connectivity index (χ0v) is 14.5. The number of fused-ring (bicyclic) bond motifs is 1. The third-order valence-electron chi connectivity index (χ3n) is 4.16. The highest BCUT2D eigenvalue weighted by Gasteiger charge is 2.10. The van der Waals surface area contributed by atoms with Crippen molar-refractivity contribution in [3.8, 4) is 0 Å². The predicted octanol–water partition coefficient (Wildman–Crippen LogP) is 6.51. The molecule has 0 unspecified atom stereocenters. The Morgan fingerprint density at radius 2 is 1.37 bits per heavy atom. The smallest absolute Gasteiger partial charge is 0.255 e. The maximum absolute atomic E-state index is 12.7. The Kier molecular flexibility index (Phi) is 4.70. The summed E-state index contributed by atoms with van der Waals surface area (Å²) in [5.41, 5.74) is 2.72. The number of nitrogens with one attached hydrogen (secondary N) is 1. The van der Waals surface area contributed by atoms with Crippen molar-refractivity contribution in [2.45, 2.75) is 0 Å². The molecule has 1 N–H and O–H groups in total. The lowest BCUT2D eigenvalue weighted by atomic mass is 10.0. The molecule has 0 aliphatic heterocycles. The molecule has 0 saturated carbocycles. The number of benzene rings is 4. The maximum Gasteiger partial charge on any atom is 0.255 e. The van der Waals surface area contributed by atoms with Crippen LogP contribution in [-0.4, -0.2) is 5.91 Å². The van der Waals surface area contributed by atoms with Gasteiger partial charge in [0.2, 0.25) is 0 Å². The van der Waals surface area contributed by atoms with E-state index in [4.69, 9.17) is 0 Å². The van der Waals surface area contributed by atoms with E-state index in [9.17, 15) is 4.79 Å². The molecule has 130 valence electrons. The van der Waals surface area contributed by atoms with E-state index in [-0.39, 0.29) is 5.91 Å². The van der Waals surface area contributed by atoms with Crippen molar-refractivity contribution in [2.75, 3.05) is 5.32 Å². The van der Waals surface area contributed by atoms with Crippen LogP contribution in [0.5, 0.6) is 0 Å². The number of nitrogens with zero attached hydrogens (tertiary/aromatic N) is 2. The van der Waals surface area contributed by atoms with Crippen molar-refractivity contribution in [2.24, 2.45) is 10.2 Å². The van der Waals surface area contributed by atoms with E-state index in [1.165, 1.54) is 0 Å². The first-order valence-corrected chi connectivity index (χ1v) is 8.65. The molecule has 0 heterocycles. The predicted molar refractivity (Wildman–Crippen MR) is 109 cm³/mol. The normalized spacial score (nSPS) is 11.0. The summed E-state index contributed by atoms with van der Waals surface area (Å²) in [4.78, 5) is 12.7.